The highest BCUT2D eigenvalue weighted by atomic mass is 35.5. The quantitative estimate of drug-likeness (QED) is 0.397. The third kappa shape index (κ3) is 5.79. The first-order valence-electron chi connectivity index (χ1n) is 13.7. The first-order valence-corrected chi connectivity index (χ1v) is 15.9. The molecule has 4 aliphatic heterocycles. The van der Waals surface area contributed by atoms with Crippen LogP contribution < -0.4 is 10.7 Å². The molecule has 8 nitrogen and oxygen atoms in total. The Morgan fingerprint density at radius 1 is 1.08 bits per heavy atom. The minimum absolute atomic E-state index is 0.00200. The van der Waals surface area contributed by atoms with Crippen molar-refractivity contribution in [1.29, 1.82) is 0 Å². The number of piperidine rings is 1. The first kappa shape index (κ1) is 27.9. The summed E-state index contributed by atoms with van der Waals surface area (Å²) in [5.41, 5.74) is 3.29. The normalized spacial score (nSPS) is 40.0. The summed E-state index contributed by atoms with van der Waals surface area (Å²) in [5, 5.41) is 5.85. The summed E-state index contributed by atoms with van der Waals surface area (Å²) < 4.78 is 66.9. The van der Waals surface area contributed by atoms with E-state index in [0.29, 0.717) is 44.6 Å². The second kappa shape index (κ2) is 10.7. The van der Waals surface area contributed by atoms with E-state index in [9.17, 15) is 26.4 Å². The van der Waals surface area contributed by atoms with E-state index >= 15 is 0 Å². The summed E-state index contributed by atoms with van der Waals surface area (Å²) in [7, 11) is -2.18. The van der Waals surface area contributed by atoms with Crippen molar-refractivity contribution in [1.82, 2.24) is 25.6 Å². The van der Waals surface area contributed by atoms with Gasteiger partial charge in [0.15, 0.2) is 9.84 Å². The zero-order valence-electron chi connectivity index (χ0n) is 21.3. The average Bonchev–Trinajstić information content (AvgIpc) is 3.23. The Bertz CT molecular complexity index is 948. The van der Waals surface area contributed by atoms with Gasteiger partial charge in [-0.3, -0.25) is 15.0 Å². The van der Waals surface area contributed by atoms with E-state index in [4.69, 9.17) is 11.6 Å². The maximum Gasteiger partial charge on any atom is 0.409 e. The summed E-state index contributed by atoms with van der Waals surface area (Å²) >= 11 is 6.34. The molecule has 0 aromatic carbocycles. The predicted octanol–water partition coefficient (Wildman–Crippen LogP) is 2.30. The Balaban J connectivity index is 1.23. The molecule has 0 aromatic heterocycles. The smallest absolute Gasteiger partial charge is 0.333 e. The second-order valence-electron chi connectivity index (χ2n) is 11.6. The van der Waals surface area contributed by atoms with Gasteiger partial charge in [0.2, 0.25) is 5.91 Å². The van der Waals surface area contributed by atoms with Crippen LogP contribution in [0.15, 0.2) is 0 Å². The van der Waals surface area contributed by atoms with Crippen LogP contribution >= 0.6 is 11.6 Å². The van der Waals surface area contributed by atoms with Crippen LogP contribution in [0.4, 0.5) is 13.2 Å². The highest BCUT2D eigenvalue weighted by Crippen LogP contribution is 2.41. The number of carbonyl (C=O) groups excluding carboxylic acids is 1. The third-order valence-electron chi connectivity index (χ3n) is 9.33. The number of likely N-dealkylation sites (tertiary alicyclic amines) is 1. The van der Waals surface area contributed by atoms with E-state index in [0.717, 1.165) is 37.3 Å². The molecule has 1 amide bonds. The fraction of sp³-hybridized carbons (Fsp3) is 0.958. The Hall–Kier alpha value is -0.660. The van der Waals surface area contributed by atoms with E-state index < -0.39 is 39.8 Å². The number of alkyl halides is 4. The maximum atomic E-state index is 14.3. The number of carbonyl (C=O) groups is 1. The molecule has 0 radical (unpaired) electrons. The van der Waals surface area contributed by atoms with E-state index in [1.165, 1.54) is 7.05 Å². The Morgan fingerprint density at radius 3 is 2.49 bits per heavy atom. The second-order valence-corrected chi connectivity index (χ2v) is 14.4. The monoisotopic (exact) mass is 569 g/mol. The van der Waals surface area contributed by atoms with Gasteiger partial charge in [-0.05, 0) is 63.8 Å². The lowest BCUT2D eigenvalue weighted by atomic mass is 9.78. The van der Waals surface area contributed by atoms with Crippen molar-refractivity contribution in [3.05, 3.63) is 0 Å². The lowest BCUT2D eigenvalue weighted by molar-refractivity contribution is -0.203. The standard InChI is InChI=1S/C24H39ClF3N5O3S/c1-31(23(34)16-4-3-11-37(35,36)14-16)22(24(26,27)28)15-6-8-17(9-7-15)32-10-2-5-18-19(32)13-29-21-12-20(25)30-33(18)21/h15-22,29-30H,2-14H2,1H3/t15?,16?,17?,18?,19?,20?,21?,22-/m0/s1. The zero-order valence-corrected chi connectivity index (χ0v) is 22.9. The Kier molecular flexibility index (Phi) is 8.08. The van der Waals surface area contributed by atoms with Crippen LogP contribution in [0.2, 0.25) is 0 Å². The lowest BCUT2D eigenvalue weighted by Crippen LogP contribution is -2.70. The molecule has 212 valence electrons. The number of hydrazine groups is 1. The van der Waals surface area contributed by atoms with Gasteiger partial charge in [-0.25, -0.2) is 18.9 Å². The number of sulfone groups is 1. The van der Waals surface area contributed by atoms with Crippen LogP contribution in [0.3, 0.4) is 0 Å². The first-order chi connectivity index (χ1) is 17.4. The summed E-state index contributed by atoms with van der Waals surface area (Å²) in [5.74, 6) is -2.61. The molecule has 5 aliphatic rings. The number of hydrogen-bond donors (Lipinski definition) is 2. The fourth-order valence-electron chi connectivity index (χ4n) is 7.67. The molecule has 0 bridgehead atoms. The lowest BCUT2D eigenvalue weighted by Gasteiger charge is -2.53. The Labute approximate surface area is 222 Å². The van der Waals surface area contributed by atoms with Crippen molar-refractivity contribution in [3.63, 3.8) is 0 Å². The molecule has 1 aliphatic carbocycles. The van der Waals surface area contributed by atoms with Crippen LogP contribution in [0.5, 0.6) is 0 Å². The third-order valence-corrected chi connectivity index (χ3v) is 11.4. The summed E-state index contributed by atoms with van der Waals surface area (Å²) in [6.07, 6.45) is 1.38. The summed E-state index contributed by atoms with van der Waals surface area (Å²) in [6, 6.07) is -1.04. The topological polar surface area (TPSA) is 85.0 Å². The van der Waals surface area contributed by atoms with Gasteiger partial charge in [-0.2, -0.15) is 13.2 Å². The number of fused-ring (bicyclic) bond motifs is 3. The molecule has 5 rings (SSSR count). The fourth-order valence-corrected chi connectivity index (χ4v) is 9.64. The van der Waals surface area contributed by atoms with Gasteiger partial charge in [0.05, 0.1) is 29.1 Å². The van der Waals surface area contributed by atoms with E-state index in [1.807, 2.05) is 0 Å². The van der Waals surface area contributed by atoms with Crippen LogP contribution in [-0.2, 0) is 14.6 Å². The highest BCUT2D eigenvalue weighted by molar-refractivity contribution is 7.91. The summed E-state index contributed by atoms with van der Waals surface area (Å²) in [6.45, 7) is 1.79. The zero-order chi connectivity index (χ0) is 26.5. The number of rotatable bonds is 4. The SMILES string of the molecule is CN(C(=O)C1CCCS(=O)(=O)C1)[C@@H](C1CCC(N2CCCC3C2CNC2CC(Cl)NN23)CC1)C(F)(F)F. The number of halogens is 4. The molecule has 4 saturated heterocycles. The number of amides is 1. The van der Waals surface area contributed by atoms with Gasteiger partial charge < -0.3 is 4.90 Å². The van der Waals surface area contributed by atoms with Gasteiger partial charge >= 0.3 is 6.18 Å². The van der Waals surface area contributed by atoms with Crippen molar-refractivity contribution in [2.75, 3.05) is 31.6 Å². The van der Waals surface area contributed by atoms with Crippen molar-refractivity contribution < 1.29 is 26.4 Å². The molecule has 0 spiro atoms. The van der Waals surface area contributed by atoms with Crippen LogP contribution in [0.25, 0.3) is 0 Å². The van der Waals surface area contributed by atoms with Gasteiger partial charge in [0.1, 0.15) is 6.04 Å². The van der Waals surface area contributed by atoms with E-state index in [1.54, 1.807) is 0 Å². The van der Waals surface area contributed by atoms with Crippen LogP contribution in [0, 0.1) is 11.8 Å². The molecule has 5 fully saturated rings. The number of nitrogens with zero attached hydrogens (tertiary/aromatic N) is 3. The predicted molar refractivity (Wildman–Crippen MR) is 134 cm³/mol. The van der Waals surface area contributed by atoms with Gasteiger partial charge in [-0.15, -0.1) is 11.6 Å². The maximum absolute atomic E-state index is 14.3. The molecule has 6 atom stereocenters. The highest BCUT2D eigenvalue weighted by Gasteiger charge is 2.52. The average molecular weight is 570 g/mol. The van der Waals surface area contributed by atoms with Gasteiger partial charge in [0, 0.05) is 38.1 Å². The molecule has 0 aromatic rings. The minimum atomic E-state index is -4.56. The minimum Gasteiger partial charge on any atom is -0.333 e. The molecule has 5 unspecified atom stereocenters. The molecule has 4 heterocycles. The molecule has 37 heavy (non-hydrogen) atoms. The molecular weight excluding hydrogens is 531 g/mol. The Morgan fingerprint density at radius 2 is 1.81 bits per heavy atom. The van der Waals surface area contributed by atoms with E-state index in [-0.39, 0.29) is 35.3 Å². The van der Waals surface area contributed by atoms with Gasteiger partial charge in [-0.1, -0.05) is 0 Å². The largest absolute Gasteiger partial charge is 0.409 e. The van der Waals surface area contributed by atoms with Crippen molar-refractivity contribution in [3.8, 4) is 0 Å². The molecule has 1 saturated carbocycles. The molecule has 13 heteroatoms. The van der Waals surface area contributed by atoms with Crippen molar-refractivity contribution in [2.45, 2.75) is 99.8 Å². The number of nitrogens with one attached hydrogen (secondary N) is 2. The van der Waals surface area contributed by atoms with Crippen molar-refractivity contribution in [2.24, 2.45) is 11.8 Å². The van der Waals surface area contributed by atoms with Crippen LogP contribution in [-0.4, -0.2) is 103 Å². The van der Waals surface area contributed by atoms with Crippen LogP contribution in [0.1, 0.15) is 57.8 Å². The molecular formula is C24H39ClF3N5O3S. The van der Waals surface area contributed by atoms with Gasteiger partial charge in [0.25, 0.3) is 0 Å². The molecule has 2 N–H and O–H groups in total. The summed E-state index contributed by atoms with van der Waals surface area (Å²) in [4.78, 5) is 16.3. The van der Waals surface area contributed by atoms with E-state index in [2.05, 4.69) is 20.7 Å². The van der Waals surface area contributed by atoms with Crippen molar-refractivity contribution >= 4 is 27.3 Å². The number of hydrogen-bond acceptors (Lipinski definition) is 7.